The van der Waals surface area contributed by atoms with Gasteiger partial charge in [0.05, 0.1) is 12.6 Å². The van der Waals surface area contributed by atoms with Crippen molar-refractivity contribution in [3.8, 4) is 0 Å². The molecule has 7 nitrogen and oxygen atoms in total. The molecule has 0 spiro atoms. The molecule has 0 aliphatic carbocycles. The van der Waals surface area contributed by atoms with Gasteiger partial charge in [-0.15, -0.1) is 0 Å². The molecule has 0 aliphatic heterocycles. The Kier molecular flexibility index (Phi) is 6.68. The van der Waals surface area contributed by atoms with Crippen molar-refractivity contribution in [2.75, 3.05) is 20.8 Å². The number of ether oxygens (including phenoxy) is 3. The number of methoxy groups -OCH3 is 2. The summed E-state index contributed by atoms with van der Waals surface area (Å²) in [7, 11) is 1.39. The van der Waals surface area contributed by atoms with Gasteiger partial charge in [0.1, 0.15) is 12.4 Å². The van der Waals surface area contributed by atoms with Crippen LogP contribution in [0.3, 0.4) is 0 Å². The third-order valence-corrected chi connectivity index (χ3v) is 5.70. The molecular weight excluding hydrogens is 352 g/mol. The molecule has 0 N–H and O–H groups in total. The van der Waals surface area contributed by atoms with Crippen molar-refractivity contribution in [3.05, 3.63) is 40.2 Å². The molecule has 0 aliphatic rings. The molecule has 1 unspecified atom stereocenters. The predicted octanol–water partition coefficient (Wildman–Crippen LogP) is 2.57. The molecule has 2 rings (SSSR count). The summed E-state index contributed by atoms with van der Waals surface area (Å²) in [6.07, 6.45) is -1.18. The SMILES string of the molecule is COC(=O)C(OC)c1nn(COCC[Si](C)(C)C)c2ccccc2c1=O. The van der Waals surface area contributed by atoms with Gasteiger partial charge in [0.25, 0.3) is 0 Å². The minimum Gasteiger partial charge on any atom is -0.467 e. The van der Waals surface area contributed by atoms with Crippen LogP contribution in [0.15, 0.2) is 29.1 Å². The average molecular weight is 379 g/mol. The summed E-state index contributed by atoms with van der Waals surface area (Å²) in [5.74, 6) is -0.668. The Morgan fingerprint density at radius 3 is 2.54 bits per heavy atom. The maximum absolute atomic E-state index is 12.8. The fraction of sp³-hybridized carbons (Fsp3) is 0.500. The highest BCUT2D eigenvalue weighted by Crippen LogP contribution is 2.17. The molecule has 1 atom stereocenters. The highest BCUT2D eigenvalue weighted by Gasteiger charge is 2.27. The van der Waals surface area contributed by atoms with Crippen LogP contribution in [-0.2, 0) is 25.7 Å². The number of aromatic nitrogens is 2. The number of carbonyl (C=O) groups excluding carboxylic acids is 1. The number of rotatable bonds is 8. The summed E-state index contributed by atoms with van der Waals surface area (Å²) in [6, 6.07) is 8.13. The van der Waals surface area contributed by atoms with Gasteiger partial charge in [-0.2, -0.15) is 5.10 Å². The van der Waals surface area contributed by atoms with Crippen LogP contribution in [0.2, 0.25) is 25.7 Å². The van der Waals surface area contributed by atoms with Crippen LogP contribution >= 0.6 is 0 Å². The van der Waals surface area contributed by atoms with Gasteiger partial charge >= 0.3 is 5.97 Å². The third-order valence-electron chi connectivity index (χ3n) is 4.00. The summed E-state index contributed by atoms with van der Waals surface area (Å²) < 4.78 is 17.2. The highest BCUT2D eigenvalue weighted by molar-refractivity contribution is 6.76. The number of hydrogen-bond donors (Lipinski definition) is 0. The molecular formula is C18H26N2O5Si. The molecule has 1 aromatic heterocycles. The molecule has 0 fully saturated rings. The molecule has 142 valence electrons. The summed E-state index contributed by atoms with van der Waals surface area (Å²) >= 11 is 0. The van der Waals surface area contributed by atoms with Crippen molar-refractivity contribution < 1.29 is 19.0 Å². The van der Waals surface area contributed by atoms with E-state index in [1.807, 2.05) is 6.07 Å². The van der Waals surface area contributed by atoms with Crippen molar-refractivity contribution in [3.63, 3.8) is 0 Å². The first-order valence-corrected chi connectivity index (χ1v) is 12.2. The van der Waals surface area contributed by atoms with E-state index in [1.165, 1.54) is 14.2 Å². The molecule has 8 heteroatoms. The number of nitrogens with zero attached hydrogens (tertiary/aromatic N) is 2. The normalized spacial score (nSPS) is 13.0. The second kappa shape index (κ2) is 8.57. The highest BCUT2D eigenvalue weighted by atomic mass is 28.3. The monoisotopic (exact) mass is 378 g/mol. The summed E-state index contributed by atoms with van der Waals surface area (Å²) in [6.45, 7) is 7.65. The molecule has 0 amide bonds. The second-order valence-electron chi connectivity index (χ2n) is 7.22. The number of para-hydroxylation sites is 1. The van der Waals surface area contributed by atoms with Gasteiger partial charge in [-0.1, -0.05) is 31.8 Å². The van der Waals surface area contributed by atoms with E-state index >= 15 is 0 Å². The molecule has 1 heterocycles. The Labute approximate surface area is 153 Å². The van der Waals surface area contributed by atoms with Crippen LogP contribution in [0, 0.1) is 0 Å². The van der Waals surface area contributed by atoms with Crippen molar-refractivity contribution >= 4 is 24.9 Å². The second-order valence-corrected chi connectivity index (χ2v) is 12.8. The van der Waals surface area contributed by atoms with Crippen LogP contribution in [0.1, 0.15) is 11.8 Å². The standard InChI is InChI=1S/C18H26N2O5Si/c1-23-17(18(22)24-2)15-16(21)13-8-6-7-9-14(13)20(19-15)12-25-10-11-26(3,4)5/h6-9,17H,10-12H2,1-5H3. The van der Waals surface area contributed by atoms with Crippen molar-refractivity contribution in [2.45, 2.75) is 38.5 Å². The molecule has 26 heavy (non-hydrogen) atoms. The number of benzene rings is 1. The smallest absolute Gasteiger partial charge is 0.341 e. The molecule has 2 aromatic rings. The third kappa shape index (κ3) is 4.78. The number of esters is 1. The fourth-order valence-corrected chi connectivity index (χ4v) is 3.24. The lowest BCUT2D eigenvalue weighted by atomic mass is 10.1. The largest absolute Gasteiger partial charge is 0.467 e. The van der Waals surface area contributed by atoms with E-state index in [2.05, 4.69) is 24.7 Å². The van der Waals surface area contributed by atoms with Gasteiger partial charge in [-0.05, 0) is 18.2 Å². The number of fused-ring (bicyclic) bond motifs is 1. The molecule has 0 saturated heterocycles. The quantitative estimate of drug-likeness (QED) is 0.399. The molecule has 1 aromatic carbocycles. The summed E-state index contributed by atoms with van der Waals surface area (Å²) in [5, 5.41) is 4.80. The van der Waals surface area contributed by atoms with Gasteiger partial charge in [0.15, 0.2) is 0 Å². The van der Waals surface area contributed by atoms with Gasteiger partial charge in [0, 0.05) is 27.2 Å². The van der Waals surface area contributed by atoms with Crippen LogP contribution in [0.25, 0.3) is 10.9 Å². The van der Waals surface area contributed by atoms with E-state index < -0.39 is 20.1 Å². The zero-order valence-corrected chi connectivity index (χ0v) is 16.9. The molecule has 0 saturated carbocycles. The topological polar surface area (TPSA) is 79.7 Å². The first-order valence-electron chi connectivity index (χ1n) is 8.46. The first kappa shape index (κ1) is 20.3. The van der Waals surface area contributed by atoms with E-state index in [0.717, 1.165) is 6.04 Å². The molecule has 0 bridgehead atoms. The zero-order valence-electron chi connectivity index (χ0n) is 15.9. The van der Waals surface area contributed by atoms with Crippen molar-refractivity contribution in [2.24, 2.45) is 0 Å². The van der Waals surface area contributed by atoms with E-state index in [4.69, 9.17) is 14.2 Å². The lowest BCUT2D eigenvalue weighted by molar-refractivity contribution is -0.153. The van der Waals surface area contributed by atoms with E-state index in [0.29, 0.717) is 17.5 Å². The minimum atomic E-state index is -1.20. The Bertz CT molecular complexity index is 828. The minimum absolute atomic E-state index is 0.00755. The van der Waals surface area contributed by atoms with E-state index in [1.54, 1.807) is 22.9 Å². The Balaban J connectivity index is 2.40. The van der Waals surface area contributed by atoms with Gasteiger partial charge < -0.3 is 14.2 Å². The lowest BCUT2D eigenvalue weighted by Crippen LogP contribution is -2.28. The maximum atomic E-state index is 12.8. The van der Waals surface area contributed by atoms with Crippen molar-refractivity contribution in [1.29, 1.82) is 0 Å². The lowest BCUT2D eigenvalue weighted by Gasteiger charge is -2.18. The van der Waals surface area contributed by atoms with Crippen LogP contribution in [0.4, 0.5) is 0 Å². The fourth-order valence-electron chi connectivity index (χ4n) is 2.48. The average Bonchev–Trinajstić information content (AvgIpc) is 2.61. The Hall–Kier alpha value is -2.03. The predicted molar refractivity (Wildman–Crippen MR) is 102 cm³/mol. The molecule has 0 radical (unpaired) electrons. The van der Waals surface area contributed by atoms with Crippen LogP contribution in [0.5, 0.6) is 0 Å². The van der Waals surface area contributed by atoms with Crippen molar-refractivity contribution in [1.82, 2.24) is 9.78 Å². The van der Waals surface area contributed by atoms with E-state index in [9.17, 15) is 9.59 Å². The Morgan fingerprint density at radius 1 is 1.23 bits per heavy atom. The zero-order chi connectivity index (χ0) is 19.3. The van der Waals surface area contributed by atoms with Gasteiger partial charge in [-0.3, -0.25) is 4.79 Å². The van der Waals surface area contributed by atoms with Crippen LogP contribution in [-0.4, -0.2) is 44.7 Å². The number of hydrogen-bond acceptors (Lipinski definition) is 6. The summed E-state index contributed by atoms with van der Waals surface area (Å²) in [5.41, 5.74) is 0.289. The maximum Gasteiger partial charge on any atom is 0.341 e. The van der Waals surface area contributed by atoms with Crippen LogP contribution < -0.4 is 5.43 Å². The summed E-state index contributed by atoms with van der Waals surface area (Å²) in [4.78, 5) is 24.7. The number of carbonyl (C=O) groups is 1. The first-order chi connectivity index (χ1) is 12.3. The van der Waals surface area contributed by atoms with E-state index in [-0.39, 0.29) is 17.9 Å². The van der Waals surface area contributed by atoms with Gasteiger partial charge in [0.2, 0.25) is 11.5 Å². The Morgan fingerprint density at radius 2 is 1.92 bits per heavy atom. The van der Waals surface area contributed by atoms with Gasteiger partial charge in [-0.25, -0.2) is 9.48 Å².